The van der Waals surface area contributed by atoms with Crippen LogP contribution in [0.3, 0.4) is 0 Å². The summed E-state index contributed by atoms with van der Waals surface area (Å²) in [6.45, 7) is 0. The topological polar surface area (TPSA) is 101 Å². The summed E-state index contributed by atoms with van der Waals surface area (Å²) in [5, 5.41) is 11.6. The number of amides is 1. The maximum absolute atomic E-state index is 11.9. The van der Waals surface area contributed by atoms with E-state index in [1.54, 1.807) is 0 Å². The van der Waals surface area contributed by atoms with Crippen molar-refractivity contribution in [3.63, 3.8) is 0 Å². The molecule has 0 aliphatic heterocycles. The van der Waals surface area contributed by atoms with Gasteiger partial charge in [-0.15, -0.1) is 0 Å². The molecule has 7 nitrogen and oxygen atoms in total. The maximum Gasteiger partial charge on any atom is 0.337 e. The minimum absolute atomic E-state index is 0.0389. The number of hydrogen-bond acceptors (Lipinski definition) is 5. The Morgan fingerprint density at radius 3 is 2.70 bits per heavy atom. The van der Waals surface area contributed by atoms with Gasteiger partial charge in [-0.3, -0.25) is 9.78 Å². The number of nitrogens with zero attached hydrogens (tertiary/aromatic N) is 2. The number of hydrogen-bond donors (Lipinski definition) is 2. The predicted molar refractivity (Wildman–Crippen MR) is 69.9 cm³/mol. The Bertz CT molecular complexity index is 643. The van der Waals surface area contributed by atoms with Crippen LogP contribution < -0.4 is 10.1 Å². The summed E-state index contributed by atoms with van der Waals surface area (Å²) < 4.78 is 5.00. The van der Waals surface area contributed by atoms with Gasteiger partial charge in [-0.25, -0.2) is 9.78 Å². The molecule has 0 atom stereocenters. The number of carboxylic acid groups (broad SMARTS) is 1. The second-order valence-electron chi connectivity index (χ2n) is 3.76. The first-order chi connectivity index (χ1) is 9.61. The van der Waals surface area contributed by atoms with Crippen molar-refractivity contribution in [2.45, 2.75) is 0 Å². The minimum atomic E-state index is -1.15. The van der Waals surface area contributed by atoms with Crippen LogP contribution >= 0.6 is 0 Å². The Labute approximate surface area is 114 Å². The molecule has 0 unspecified atom stereocenters. The lowest BCUT2D eigenvalue weighted by Crippen LogP contribution is -2.16. The monoisotopic (exact) mass is 273 g/mol. The third-order valence-corrected chi connectivity index (χ3v) is 2.50. The van der Waals surface area contributed by atoms with Crippen LogP contribution in [0.1, 0.15) is 20.8 Å². The fourth-order valence-corrected chi connectivity index (χ4v) is 1.54. The number of anilines is 1. The van der Waals surface area contributed by atoms with Crippen molar-refractivity contribution >= 4 is 17.6 Å². The summed E-state index contributed by atoms with van der Waals surface area (Å²) in [7, 11) is 1.45. The van der Waals surface area contributed by atoms with Gasteiger partial charge in [-0.2, -0.15) is 0 Å². The van der Waals surface area contributed by atoms with E-state index in [-0.39, 0.29) is 16.9 Å². The van der Waals surface area contributed by atoms with Gasteiger partial charge in [0.05, 0.1) is 24.6 Å². The van der Waals surface area contributed by atoms with E-state index in [2.05, 4.69) is 15.3 Å². The molecule has 20 heavy (non-hydrogen) atoms. The number of aromatic carboxylic acids is 1. The molecule has 1 amide bonds. The number of aromatic nitrogens is 2. The molecule has 2 rings (SSSR count). The molecule has 2 N–H and O–H groups in total. The molecule has 0 aliphatic rings. The highest BCUT2D eigenvalue weighted by molar-refractivity contribution is 6.06. The van der Waals surface area contributed by atoms with Gasteiger partial charge in [0, 0.05) is 18.5 Å². The fraction of sp³-hybridized carbons (Fsp3) is 0.0769. The molecular weight excluding hydrogens is 262 g/mol. The number of ether oxygens (including phenoxy) is 1. The molecule has 0 radical (unpaired) electrons. The van der Waals surface area contributed by atoms with E-state index in [1.165, 1.54) is 43.9 Å². The summed E-state index contributed by atoms with van der Waals surface area (Å²) >= 11 is 0. The zero-order chi connectivity index (χ0) is 14.5. The Kier molecular flexibility index (Phi) is 3.90. The quantitative estimate of drug-likeness (QED) is 0.873. The molecule has 0 bridgehead atoms. The van der Waals surface area contributed by atoms with Gasteiger partial charge in [0.1, 0.15) is 11.4 Å². The molecule has 0 saturated carbocycles. The average molecular weight is 273 g/mol. The fourth-order valence-electron chi connectivity index (χ4n) is 1.54. The second kappa shape index (κ2) is 5.79. The van der Waals surface area contributed by atoms with Crippen molar-refractivity contribution in [3.8, 4) is 5.75 Å². The molecule has 0 spiro atoms. The summed E-state index contributed by atoms with van der Waals surface area (Å²) in [4.78, 5) is 30.7. The number of carbonyl (C=O) groups is 2. The lowest BCUT2D eigenvalue weighted by atomic mass is 10.1. The Morgan fingerprint density at radius 2 is 2.10 bits per heavy atom. The number of rotatable bonds is 4. The molecule has 1 heterocycles. The normalized spacial score (nSPS) is 9.85. The highest BCUT2D eigenvalue weighted by atomic mass is 16.5. The van der Waals surface area contributed by atoms with Crippen molar-refractivity contribution in [2.24, 2.45) is 0 Å². The van der Waals surface area contributed by atoms with Gasteiger partial charge < -0.3 is 15.2 Å². The molecular formula is C13H11N3O4. The van der Waals surface area contributed by atoms with Gasteiger partial charge in [0.15, 0.2) is 0 Å². The van der Waals surface area contributed by atoms with Gasteiger partial charge >= 0.3 is 5.97 Å². The molecule has 0 aliphatic carbocycles. The lowest BCUT2D eigenvalue weighted by molar-refractivity contribution is 0.0698. The molecule has 1 aromatic heterocycles. The van der Waals surface area contributed by atoms with Crippen LogP contribution in [0.4, 0.5) is 5.69 Å². The zero-order valence-corrected chi connectivity index (χ0v) is 10.5. The third kappa shape index (κ3) is 2.89. The zero-order valence-electron chi connectivity index (χ0n) is 10.5. The maximum atomic E-state index is 11.9. The van der Waals surface area contributed by atoms with E-state index in [4.69, 9.17) is 9.84 Å². The van der Waals surface area contributed by atoms with Crippen LogP contribution in [0.25, 0.3) is 0 Å². The number of benzene rings is 1. The number of methoxy groups -OCH3 is 1. The standard InChI is InChI=1S/C13H11N3O4/c1-20-8-2-3-9(13(18)19)10(6-8)16-12(17)11-7-14-4-5-15-11/h2-7H,1H3,(H,16,17)(H,18,19). The Balaban J connectivity index is 2.32. The largest absolute Gasteiger partial charge is 0.497 e. The van der Waals surface area contributed by atoms with Crippen molar-refractivity contribution in [1.29, 1.82) is 0 Å². The van der Waals surface area contributed by atoms with Crippen LogP contribution in [0.15, 0.2) is 36.8 Å². The van der Waals surface area contributed by atoms with E-state index in [9.17, 15) is 9.59 Å². The first kappa shape index (κ1) is 13.5. The molecule has 0 saturated heterocycles. The van der Waals surface area contributed by atoms with Gasteiger partial charge in [0.2, 0.25) is 0 Å². The average Bonchev–Trinajstić information content (AvgIpc) is 2.47. The highest BCUT2D eigenvalue weighted by Crippen LogP contribution is 2.23. The summed E-state index contributed by atoms with van der Waals surface area (Å²) in [6, 6.07) is 4.28. The second-order valence-corrected chi connectivity index (χ2v) is 3.76. The van der Waals surface area contributed by atoms with E-state index in [0.717, 1.165) is 0 Å². The van der Waals surface area contributed by atoms with Crippen LogP contribution in [0.5, 0.6) is 5.75 Å². The third-order valence-electron chi connectivity index (χ3n) is 2.50. The molecule has 2 aromatic rings. The van der Waals surface area contributed by atoms with Crippen molar-refractivity contribution < 1.29 is 19.4 Å². The summed E-state index contributed by atoms with van der Waals surface area (Å²) in [6.07, 6.45) is 4.10. The first-order valence-electron chi connectivity index (χ1n) is 5.60. The summed E-state index contributed by atoms with van der Waals surface area (Å²) in [5.74, 6) is -1.26. The first-order valence-corrected chi connectivity index (χ1v) is 5.60. The van der Waals surface area contributed by atoms with Gasteiger partial charge in [-0.05, 0) is 12.1 Å². The predicted octanol–water partition coefficient (Wildman–Crippen LogP) is 1.44. The lowest BCUT2D eigenvalue weighted by Gasteiger charge is -2.09. The number of carbonyl (C=O) groups excluding carboxylic acids is 1. The van der Waals surface area contributed by atoms with E-state index >= 15 is 0 Å². The Hall–Kier alpha value is -2.96. The van der Waals surface area contributed by atoms with Crippen molar-refractivity contribution in [1.82, 2.24) is 9.97 Å². The van der Waals surface area contributed by atoms with Crippen molar-refractivity contribution in [2.75, 3.05) is 12.4 Å². The smallest absolute Gasteiger partial charge is 0.337 e. The van der Waals surface area contributed by atoms with E-state index < -0.39 is 11.9 Å². The van der Waals surface area contributed by atoms with E-state index in [1.807, 2.05) is 0 Å². The minimum Gasteiger partial charge on any atom is -0.497 e. The van der Waals surface area contributed by atoms with Crippen LogP contribution in [0, 0.1) is 0 Å². The molecule has 7 heteroatoms. The number of nitrogens with one attached hydrogen (secondary N) is 1. The number of carboxylic acids is 1. The van der Waals surface area contributed by atoms with Crippen LogP contribution in [-0.2, 0) is 0 Å². The molecule has 102 valence electrons. The Morgan fingerprint density at radius 1 is 1.30 bits per heavy atom. The highest BCUT2D eigenvalue weighted by Gasteiger charge is 2.15. The van der Waals surface area contributed by atoms with Crippen molar-refractivity contribution in [3.05, 3.63) is 48.0 Å². The summed E-state index contributed by atoms with van der Waals surface area (Å²) in [5.41, 5.74) is 0.183. The molecule has 1 aromatic carbocycles. The van der Waals surface area contributed by atoms with E-state index in [0.29, 0.717) is 5.75 Å². The van der Waals surface area contributed by atoms with Crippen LogP contribution in [0.2, 0.25) is 0 Å². The van der Waals surface area contributed by atoms with Gasteiger partial charge in [0.25, 0.3) is 5.91 Å². The van der Waals surface area contributed by atoms with Crippen LogP contribution in [-0.4, -0.2) is 34.1 Å². The van der Waals surface area contributed by atoms with Gasteiger partial charge in [-0.1, -0.05) is 0 Å². The molecule has 0 fully saturated rings. The SMILES string of the molecule is COc1ccc(C(=O)O)c(NC(=O)c2cnccn2)c1.